The number of carbonyl (C=O) groups excluding carboxylic acids is 2. The predicted octanol–water partition coefficient (Wildman–Crippen LogP) is 0.462. The summed E-state index contributed by atoms with van der Waals surface area (Å²) in [7, 11) is 0. The minimum Gasteiger partial charge on any atom is -0.278 e. The third-order valence-electron chi connectivity index (χ3n) is 0.336. The molecule has 0 aromatic rings. The number of nitrogens with zero attached hydrogens (tertiary/aromatic N) is 1. The van der Waals surface area contributed by atoms with Gasteiger partial charge in [-0.05, 0) is 0 Å². The molecule has 0 rings (SSSR count). The molecular weight excluding hydrogens is 155 g/mol. The van der Waals surface area contributed by atoms with Crippen molar-refractivity contribution in [2.24, 2.45) is 0 Å². The number of nitrogens with one attached hydrogen (secondary N) is 1. The second-order valence-corrected chi connectivity index (χ2v) is 1.65. The second kappa shape index (κ2) is 3.51. The van der Waals surface area contributed by atoms with Crippen LogP contribution in [0.2, 0.25) is 0 Å². The van der Waals surface area contributed by atoms with Crippen molar-refractivity contribution in [3.8, 4) is 0 Å². The van der Waals surface area contributed by atoms with Crippen LogP contribution in [0.25, 0.3) is 0 Å². The Morgan fingerprint density at radius 1 is 1.62 bits per heavy atom. The maximum absolute atomic E-state index is 10.1. The van der Waals surface area contributed by atoms with Gasteiger partial charge in [-0.2, -0.15) is 0 Å². The van der Waals surface area contributed by atoms with Crippen LogP contribution in [0.15, 0.2) is 0 Å². The number of carbonyl (C=O) groups is 2. The summed E-state index contributed by atoms with van der Waals surface area (Å²) < 4.78 is 0.217. The van der Waals surface area contributed by atoms with Crippen LogP contribution >= 0.6 is 23.6 Å². The molecule has 6 heteroatoms. The molecule has 0 atom stereocenters. The molecule has 0 unspecified atom stereocenters. The summed E-state index contributed by atoms with van der Waals surface area (Å²) in [6, 6.07) is -0.872. The fourth-order valence-corrected chi connectivity index (χ4v) is 0.197. The zero-order valence-electron chi connectivity index (χ0n) is 3.60. The van der Waals surface area contributed by atoms with E-state index in [0.717, 1.165) is 0 Å². The topological polar surface area (TPSA) is 49.4 Å². The first-order chi connectivity index (χ1) is 3.68. The van der Waals surface area contributed by atoms with Gasteiger partial charge in [0.2, 0.25) is 6.41 Å². The van der Waals surface area contributed by atoms with Crippen molar-refractivity contribution in [3.05, 3.63) is 0 Å². The van der Waals surface area contributed by atoms with Crippen molar-refractivity contribution in [1.29, 1.82) is 0 Å². The standard InChI is InChI=1S/C2H2Cl2N2O2/c3-6(4)2(8)5-1-7/h1H,(H,5,7,8). The highest BCUT2D eigenvalue weighted by atomic mass is 35.5. The van der Waals surface area contributed by atoms with Gasteiger partial charge in [0.15, 0.2) is 0 Å². The second-order valence-electron chi connectivity index (χ2n) is 0.800. The van der Waals surface area contributed by atoms with Crippen LogP contribution in [0.3, 0.4) is 0 Å². The zero-order chi connectivity index (χ0) is 6.57. The lowest BCUT2D eigenvalue weighted by atomic mass is 11.0. The highest BCUT2D eigenvalue weighted by Crippen LogP contribution is 1.96. The van der Waals surface area contributed by atoms with Crippen molar-refractivity contribution in [1.82, 2.24) is 9.25 Å². The average Bonchev–Trinajstić information content (AvgIpc) is 1.67. The van der Waals surface area contributed by atoms with Gasteiger partial charge < -0.3 is 0 Å². The van der Waals surface area contributed by atoms with E-state index in [1.54, 1.807) is 5.32 Å². The predicted molar refractivity (Wildman–Crippen MR) is 28.1 cm³/mol. The van der Waals surface area contributed by atoms with Crippen LogP contribution in [0.1, 0.15) is 0 Å². The third kappa shape index (κ3) is 2.65. The summed E-state index contributed by atoms with van der Waals surface area (Å²) in [4.78, 5) is 19.5. The molecule has 0 aromatic carbocycles. The molecule has 0 saturated heterocycles. The Bertz CT molecular complexity index is 104. The summed E-state index contributed by atoms with van der Waals surface area (Å²) in [5, 5.41) is 1.69. The van der Waals surface area contributed by atoms with Crippen molar-refractivity contribution in [2.45, 2.75) is 0 Å². The number of hydrogen-bond donors (Lipinski definition) is 1. The maximum Gasteiger partial charge on any atom is 0.353 e. The summed E-state index contributed by atoms with van der Waals surface area (Å²) in [6.07, 6.45) is 0.181. The number of hydrogen-bond acceptors (Lipinski definition) is 2. The van der Waals surface area contributed by atoms with Crippen LogP contribution in [0, 0.1) is 0 Å². The number of rotatable bonds is 1. The highest BCUT2D eigenvalue weighted by molar-refractivity contribution is 6.41. The molecule has 46 valence electrons. The largest absolute Gasteiger partial charge is 0.353 e. The minimum absolute atomic E-state index is 0.181. The quantitative estimate of drug-likeness (QED) is 0.444. The normalized spacial score (nSPS) is 7.75. The summed E-state index contributed by atoms with van der Waals surface area (Å²) in [6.45, 7) is 0. The summed E-state index contributed by atoms with van der Waals surface area (Å²) >= 11 is 9.67. The lowest BCUT2D eigenvalue weighted by Gasteiger charge is -1.98. The number of urea groups is 1. The van der Waals surface area contributed by atoms with E-state index in [4.69, 9.17) is 23.6 Å². The maximum atomic E-state index is 10.1. The van der Waals surface area contributed by atoms with E-state index in [-0.39, 0.29) is 10.3 Å². The number of amides is 3. The number of imide groups is 1. The highest BCUT2D eigenvalue weighted by Gasteiger charge is 2.03. The fourth-order valence-electron chi connectivity index (χ4n) is 0.0992. The summed E-state index contributed by atoms with van der Waals surface area (Å²) in [5.74, 6) is 0. The Balaban J connectivity index is 3.48. The molecule has 0 spiro atoms. The van der Waals surface area contributed by atoms with E-state index < -0.39 is 6.03 Å². The molecule has 8 heavy (non-hydrogen) atoms. The van der Waals surface area contributed by atoms with Gasteiger partial charge in [0.1, 0.15) is 0 Å². The van der Waals surface area contributed by atoms with Gasteiger partial charge in [-0.15, -0.1) is 3.94 Å². The van der Waals surface area contributed by atoms with Crippen molar-refractivity contribution < 1.29 is 9.59 Å². The van der Waals surface area contributed by atoms with Gasteiger partial charge in [-0.1, -0.05) is 0 Å². The van der Waals surface area contributed by atoms with Crippen molar-refractivity contribution in [3.63, 3.8) is 0 Å². The molecule has 0 aromatic heterocycles. The molecule has 0 aliphatic carbocycles. The van der Waals surface area contributed by atoms with Crippen molar-refractivity contribution >= 4 is 36.0 Å². The monoisotopic (exact) mass is 156 g/mol. The molecule has 0 radical (unpaired) electrons. The molecule has 0 aliphatic rings. The molecular formula is C2H2Cl2N2O2. The first kappa shape index (κ1) is 7.52. The zero-order valence-corrected chi connectivity index (χ0v) is 5.11. The molecule has 0 saturated carbocycles. The van der Waals surface area contributed by atoms with Crippen molar-refractivity contribution in [2.75, 3.05) is 0 Å². The van der Waals surface area contributed by atoms with E-state index in [1.807, 2.05) is 0 Å². The Morgan fingerprint density at radius 2 is 2.12 bits per heavy atom. The Hall–Kier alpha value is -0.480. The van der Waals surface area contributed by atoms with Crippen LogP contribution in [-0.4, -0.2) is 16.4 Å². The van der Waals surface area contributed by atoms with Crippen LogP contribution in [0.4, 0.5) is 4.79 Å². The van der Waals surface area contributed by atoms with Gasteiger partial charge in [0.25, 0.3) is 0 Å². The first-order valence-corrected chi connectivity index (χ1v) is 2.22. The molecule has 1 N–H and O–H groups in total. The summed E-state index contributed by atoms with van der Waals surface area (Å²) in [5.41, 5.74) is 0. The van der Waals surface area contributed by atoms with Crippen LogP contribution < -0.4 is 5.32 Å². The first-order valence-electron chi connectivity index (χ1n) is 1.54. The minimum atomic E-state index is -0.872. The van der Waals surface area contributed by atoms with E-state index >= 15 is 0 Å². The van der Waals surface area contributed by atoms with E-state index in [9.17, 15) is 9.59 Å². The Labute approximate surface area is 55.6 Å². The van der Waals surface area contributed by atoms with E-state index in [1.165, 1.54) is 0 Å². The van der Waals surface area contributed by atoms with Gasteiger partial charge in [0.05, 0.1) is 0 Å². The molecule has 3 amide bonds. The average molecular weight is 157 g/mol. The van der Waals surface area contributed by atoms with Crippen LogP contribution in [0.5, 0.6) is 0 Å². The molecule has 0 bridgehead atoms. The van der Waals surface area contributed by atoms with E-state index in [0.29, 0.717) is 0 Å². The van der Waals surface area contributed by atoms with Gasteiger partial charge >= 0.3 is 6.03 Å². The lowest BCUT2D eigenvalue weighted by molar-refractivity contribution is -0.108. The van der Waals surface area contributed by atoms with Gasteiger partial charge in [-0.3, -0.25) is 10.1 Å². The molecule has 4 nitrogen and oxygen atoms in total. The van der Waals surface area contributed by atoms with E-state index in [2.05, 4.69) is 0 Å². The Morgan fingerprint density at radius 3 is 2.25 bits per heavy atom. The third-order valence-corrected chi connectivity index (χ3v) is 0.643. The van der Waals surface area contributed by atoms with Crippen LogP contribution in [-0.2, 0) is 4.79 Å². The molecule has 0 fully saturated rings. The smallest absolute Gasteiger partial charge is 0.278 e. The van der Waals surface area contributed by atoms with Gasteiger partial charge in [-0.25, -0.2) is 4.79 Å². The molecule has 0 aliphatic heterocycles. The molecule has 0 heterocycles. The lowest BCUT2D eigenvalue weighted by Crippen LogP contribution is -2.26. The number of halogens is 2. The SMILES string of the molecule is O=CNC(=O)N(Cl)Cl. The fraction of sp³-hybridized carbons (Fsp3) is 0. The van der Waals surface area contributed by atoms with Gasteiger partial charge in [0, 0.05) is 23.6 Å². The Kier molecular flexibility index (Phi) is 3.30.